The number of hydrogen-bond acceptors (Lipinski definition) is 4. The van der Waals surface area contributed by atoms with Crippen molar-refractivity contribution in [3.63, 3.8) is 0 Å². The number of halogens is 1. The lowest BCUT2D eigenvalue weighted by Crippen LogP contribution is -2.41. The lowest BCUT2D eigenvalue weighted by atomic mass is 9.90. The van der Waals surface area contributed by atoms with Crippen LogP contribution in [0.2, 0.25) is 0 Å². The Morgan fingerprint density at radius 2 is 1.80 bits per heavy atom. The van der Waals surface area contributed by atoms with Gasteiger partial charge in [-0.15, -0.1) is 0 Å². The first-order valence-electron chi connectivity index (χ1n) is 12.2. The molecule has 35 heavy (non-hydrogen) atoms. The van der Waals surface area contributed by atoms with Crippen molar-refractivity contribution in [3.05, 3.63) is 77.6 Å². The highest BCUT2D eigenvalue weighted by atomic mass is 19.1. The van der Waals surface area contributed by atoms with Gasteiger partial charge in [0.15, 0.2) is 18.1 Å². The van der Waals surface area contributed by atoms with Gasteiger partial charge in [0.2, 0.25) is 6.79 Å². The quantitative estimate of drug-likeness (QED) is 0.435. The maximum atomic E-state index is 14.4. The second-order valence-corrected chi connectivity index (χ2v) is 9.32. The van der Waals surface area contributed by atoms with Crippen LogP contribution in [0.5, 0.6) is 17.2 Å². The largest absolute Gasteiger partial charge is 0.483 e. The average Bonchev–Trinajstić information content (AvgIpc) is 3.36. The summed E-state index contributed by atoms with van der Waals surface area (Å²) < 4.78 is 31.2. The second-order valence-electron chi connectivity index (χ2n) is 9.32. The van der Waals surface area contributed by atoms with Crippen molar-refractivity contribution in [2.75, 3.05) is 26.5 Å². The molecule has 0 saturated carbocycles. The number of rotatable bonds is 7. The van der Waals surface area contributed by atoms with Crippen molar-refractivity contribution in [3.8, 4) is 28.4 Å². The summed E-state index contributed by atoms with van der Waals surface area (Å²) in [4.78, 5) is 14.7. The van der Waals surface area contributed by atoms with Gasteiger partial charge >= 0.3 is 0 Å². The number of hydrogen-bond donors (Lipinski definition) is 0. The topological polar surface area (TPSA) is 48.0 Å². The Kier molecular flexibility index (Phi) is 6.89. The minimum Gasteiger partial charge on any atom is -0.483 e. The third-order valence-electron chi connectivity index (χ3n) is 6.90. The Morgan fingerprint density at radius 3 is 2.66 bits per heavy atom. The number of carbonyl (C=O) groups is 1. The van der Waals surface area contributed by atoms with E-state index in [4.69, 9.17) is 14.2 Å². The molecular weight excluding hydrogens is 445 g/mol. The third-order valence-corrected chi connectivity index (χ3v) is 6.90. The zero-order valence-corrected chi connectivity index (χ0v) is 20.0. The van der Waals surface area contributed by atoms with E-state index in [0.717, 1.165) is 55.8 Å². The molecule has 0 aliphatic carbocycles. The fourth-order valence-corrected chi connectivity index (χ4v) is 4.83. The van der Waals surface area contributed by atoms with Gasteiger partial charge in [-0.1, -0.05) is 35.9 Å². The minimum absolute atomic E-state index is 0.0289. The highest BCUT2D eigenvalue weighted by Gasteiger charge is 2.24. The number of ether oxygens (including phenoxy) is 3. The average molecular weight is 476 g/mol. The van der Waals surface area contributed by atoms with Gasteiger partial charge in [-0.2, -0.15) is 0 Å². The molecule has 3 aromatic rings. The van der Waals surface area contributed by atoms with Gasteiger partial charge in [0.1, 0.15) is 11.6 Å². The molecule has 1 saturated heterocycles. The van der Waals surface area contributed by atoms with Crippen molar-refractivity contribution in [2.45, 2.75) is 32.6 Å². The molecule has 0 atom stereocenters. The van der Waals surface area contributed by atoms with Crippen molar-refractivity contribution in [1.29, 1.82) is 0 Å². The molecule has 0 aromatic heterocycles. The maximum absolute atomic E-state index is 14.4. The molecule has 5 rings (SSSR count). The number of amides is 1. The van der Waals surface area contributed by atoms with Gasteiger partial charge in [-0.05, 0) is 74.4 Å². The van der Waals surface area contributed by atoms with Crippen LogP contribution in [0.3, 0.4) is 0 Å². The van der Waals surface area contributed by atoms with Crippen LogP contribution in [0.1, 0.15) is 30.4 Å². The zero-order chi connectivity index (χ0) is 24.2. The number of likely N-dealkylation sites (tertiary alicyclic amines) is 1. The summed E-state index contributed by atoms with van der Waals surface area (Å²) in [6.45, 7) is 3.65. The molecular formula is C29H30FNO4. The fourth-order valence-electron chi connectivity index (χ4n) is 4.83. The minimum atomic E-state index is -0.305. The molecule has 2 aliphatic rings. The first-order valence-corrected chi connectivity index (χ1v) is 12.2. The molecule has 0 bridgehead atoms. The summed E-state index contributed by atoms with van der Waals surface area (Å²) in [5.74, 6) is 2.42. The molecule has 1 amide bonds. The van der Waals surface area contributed by atoms with Crippen molar-refractivity contribution < 1.29 is 23.4 Å². The summed E-state index contributed by atoms with van der Waals surface area (Å²) in [6, 6.07) is 18.4. The van der Waals surface area contributed by atoms with Gasteiger partial charge in [-0.3, -0.25) is 4.79 Å². The van der Waals surface area contributed by atoms with Crippen molar-refractivity contribution in [1.82, 2.24) is 4.90 Å². The lowest BCUT2D eigenvalue weighted by Gasteiger charge is -2.32. The van der Waals surface area contributed by atoms with Crippen LogP contribution in [0.25, 0.3) is 11.1 Å². The third kappa shape index (κ3) is 5.42. The van der Waals surface area contributed by atoms with Gasteiger partial charge in [0.05, 0.1) is 0 Å². The van der Waals surface area contributed by atoms with Gasteiger partial charge in [-0.25, -0.2) is 4.39 Å². The molecule has 6 heteroatoms. The predicted molar refractivity (Wildman–Crippen MR) is 132 cm³/mol. The fraction of sp³-hybridized carbons (Fsp3) is 0.345. The van der Waals surface area contributed by atoms with E-state index in [1.165, 1.54) is 11.6 Å². The smallest absolute Gasteiger partial charge is 0.260 e. The molecule has 3 aromatic carbocycles. The van der Waals surface area contributed by atoms with Crippen molar-refractivity contribution >= 4 is 5.91 Å². The monoisotopic (exact) mass is 475 g/mol. The highest BCUT2D eigenvalue weighted by molar-refractivity contribution is 5.78. The van der Waals surface area contributed by atoms with Crippen LogP contribution < -0.4 is 14.2 Å². The van der Waals surface area contributed by atoms with E-state index >= 15 is 0 Å². The molecule has 2 aliphatic heterocycles. The summed E-state index contributed by atoms with van der Waals surface area (Å²) >= 11 is 0. The van der Waals surface area contributed by atoms with Crippen LogP contribution >= 0.6 is 0 Å². The van der Waals surface area contributed by atoms with Crippen LogP contribution in [0.15, 0.2) is 60.7 Å². The number of carbonyl (C=O) groups excluding carboxylic acids is 1. The Labute approximate surface area is 205 Å². The summed E-state index contributed by atoms with van der Waals surface area (Å²) in [6.07, 6.45) is 4.06. The number of fused-ring (bicyclic) bond motifs is 1. The van der Waals surface area contributed by atoms with E-state index in [-0.39, 0.29) is 18.3 Å². The number of benzene rings is 3. The second kappa shape index (κ2) is 10.4. The standard InChI is InChI=1S/C29H30FNO4/c1-20-6-10-25(30)24(16-20)23-4-2-3-5-26(23)33-18-29(32)31-14-12-21(13-15-31)7-8-22-9-11-27-28(17-22)35-19-34-27/h2-6,9-11,16-17,21H,7-8,12-15,18-19H2,1H3. The normalized spacial score (nSPS) is 15.3. The first kappa shape index (κ1) is 23.2. The Bertz CT molecular complexity index is 1200. The van der Waals surface area contributed by atoms with E-state index in [1.54, 1.807) is 18.2 Å². The maximum Gasteiger partial charge on any atom is 0.260 e. The molecule has 182 valence electrons. The van der Waals surface area contributed by atoms with E-state index in [1.807, 2.05) is 36.1 Å². The number of para-hydroxylation sites is 1. The first-order chi connectivity index (χ1) is 17.1. The van der Waals surface area contributed by atoms with Crippen LogP contribution in [0, 0.1) is 18.7 Å². The summed E-state index contributed by atoms with van der Waals surface area (Å²) in [5, 5.41) is 0. The predicted octanol–water partition coefficient (Wildman–Crippen LogP) is 5.78. The molecule has 0 spiro atoms. The molecule has 0 N–H and O–H groups in total. The van der Waals surface area contributed by atoms with Gasteiger partial charge in [0.25, 0.3) is 5.91 Å². The van der Waals surface area contributed by atoms with Crippen LogP contribution in [-0.4, -0.2) is 37.3 Å². The molecule has 5 nitrogen and oxygen atoms in total. The molecule has 1 fully saturated rings. The van der Waals surface area contributed by atoms with E-state index < -0.39 is 0 Å². The van der Waals surface area contributed by atoms with E-state index in [9.17, 15) is 9.18 Å². The molecule has 0 radical (unpaired) electrons. The highest BCUT2D eigenvalue weighted by Crippen LogP contribution is 2.34. The molecule has 2 heterocycles. The van der Waals surface area contributed by atoms with Crippen LogP contribution in [0.4, 0.5) is 4.39 Å². The van der Waals surface area contributed by atoms with Crippen LogP contribution in [-0.2, 0) is 11.2 Å². The van der Waals surface area contributed by atoms with E-state index in [2.05, 4.69) is 12.1 Å². The van der Waals surface area contributed by atoms with Crippen molar-refractivity contribution in [2.24, 2.45) is 5.92 Å². The Hall–Kier alpha value is -3.54. The van der Waals surface area contributed by atoms with Gasteiger partial charge in [0, 0.05) is 24.2 Å². The summed E-state index contributed by atoms with van der Waals surface area (Å²) in [5.41, 5.74) is 3.36. The Balaban J connectivity index is 1.12. The van der Waals surface area contributed by atoms with Gasteiger partial charge < -0.3 is 19.1 Å². The number of nitrogens with zero attached hydrogens (tertiary/aromatic N) is 1. The van der Waals surface area contributed by atoms with E-state index in [0.29, 0.717) is 29.6 Å². The Morgan fingerprint density at radius 1 is 1.00 bits per heavy atom. The molecule has 0 unspecified atom stereocenters. The zero-order valence-electron chi connectivity index (χ0n) is 20.0. The summed E-state index contributed by atoms with van der Waals surface area (Å²) in [7, 11) is 0. The lowest BCUT2D eigenvalue weighted by molar-refractivity contribution is -0.134. The SMILES string of the molecule is Cc1ccc(F)c(-c2ccccc2OCC(=O)N2CCC(CCc3ccc4c(c3)OCO4)CC2)c1. The number of aryl methyl sites for hydroxylation is 2. The number of piperidine rings is 1.